The van der Waals surface area contributed by atoms with Gasteiger partial charge in [-0.05, 0) is 85.4 Å². The van der Waals surface area contributed by atoms with E-state index in [0.717, 1.165) is 31.4 Å². The highest BCUT2D eigenvalue weighted by molar-refractivity contribution is 5.89. The summed E-state index contributed by atoms with van der Waals surface area (Å²) >= 11 is 0. The number of rotatable bonds is 4. The first-order valence-corrected chi connectivity index (χ1v) is 12.3. The van der Waals surface area contributed by atoms with Crippen LogP contribution >= 0.6 is 0 Å². The first-order valence-electron chi connectivity index (χ1n) is 12.3. The number of hydrogen-bond acceptors (Lipinski definition) is 5. The first-order chi connectivity index (χ1) is 14.7. The molecular weight excluding hydrogens is 392 g/mol. The van der Waals surface area contributed by atoms with Crippen LogP contribution in [0.2, 0.25) is 0 Å². The first kappa shape index (κ1) is 22.6. The highest BCUT2D eigenvalue weighted by Gasteiger charge is 2.62. The molecule has 1 heterocycles. The third kappa shape index (κ3) is 3.68. The van der Waals surface area contributed by atoms with Crippen LogP contribution in [0.15, 0.2) is 5.16 Å². The molecule has 6 nitrogen and oxygen atoms in total. The number of nitrogens with one attached hydrogen (secondary N) is 1. The molecule has 0 bridgehead atoms. The van der Waals surface area contributed by atoms with Crippen molar-refractivity contribution in [3.05, 3.63) is 0 Å². The number of oxime groups is 1. The number of carbonyl (C=O) groups excluding carboxylic acids is 2. The van der Waals surface area contributed by atoms with E-state index >= 15 is 0 Å². The van der Waals surface area contributed by atoms with Gasteiger partial charge in [0.15, 0.2) is 0 Å². The molecule has 8 unspecified atom stereocenters. The van der Waals surface area contributed by atoms with Crippen LogP contribution in [0, 0.1) is 46.3 Å². The van der Waals surface area contributed by atoms with Crippen molar-refractivity contribution in [3.63, 3.8) is 0 Å². The largest absolute Gasteiger partial charge is 0.469 e. The molecule has 4 aliphatic rings. The lowest BCUT2D eigenvalue weighted by molar-refractivity contribution is -0.141. The minimum atomic E-state index is -0.118. The third-order valence-electron chi connectivity index (χ3n) is 10.2. The number of amides is 1. The fraction of sp³-hybridized carbons (Fsp3) is 0.880. The van der Waals surface area contributed by atoms with E-state index < -0.39 is 0 Å². The summed E-state index contributed by atoms with van der Waals surface area (Å²) in [6.45, 7) is 7.86. The average Bonchev–Trinajstić information content (AvgIpc) is 3.04. The Morgan fingerprint density at radius 1 is 1.23 bits per heavy atom. The summed E-state index contributed by atoms with van der Waals surface area (Å²) in [6.07, 6.45) is 8.39. The van der Waals surface area contributed by atoms with Gasteiger partial charge in [0, 0.05) is 25.3 Å². The smallest absolute Gasteiger partial charge is 0.305 e. The molecule has 3 aliphatic carbocycles. The third-order valence-corrected chi connectivity index (χ3v) is 10.2. The lowest BCUT2D eigenvalue weighted by atomic mass is 9.45. The normalized spacial score (nSPS) is 44.5. The van der Waals surface area contributed by atoms with Gasteiger partial charge < -0.3 is 15.3 Å². The monoisotopic (exact) mass is 432 g/mol. The van der Waals surface area contributed by atoms with E-state index in [1.807, 2.05) is 0 Å². The van der Waals surface area contributed by atoms with Crippen molar-refractivity contribution in [3.8, 4) is 0 Å². The summed E-state index contributed by atoms with van der Waals surface area (Å²) in [5.74, 6) is 2.78. The van der Waals surface area contributed by atoms with Crippen LogP contribution < -0.4 is 5.32 Å². The molecule has 1 saturated heterocycles. The number of hydrogen-bond donors (Lipinski definition) is 2. The Balaban J connectivity index is 1.59. The van der Waals surface area contributed by atoms with Crippen molar-refractivity contribution in [2.75, 3.05) is 13.7 Å². The molecule has 4 fully saturated rings. The quantitative estimate of drug-likeness (QED) is 0.391. The van der Waals surface area contributed by atoms with Gasteiger partial charge in [0.25, 0.3) is 0 Å². The van der Waals surface area contributed by atoms with E-state index in [1.165, 1.54) is 26.4 Å². The van der Waals surface area contributed by atoms with E-state index in [4.69, 9.17) is 4.74 Å². The van der Waals surface area contributed by atoms with Crippen molar-refractivity contribution < 1.29 is 19.5 Å². The van der Waals surface area contributed by atoms with Gasteiger partial charge in [-0.15, -0.1) is 0 Å². The molecule has 2 N–H and O–H groups in total. The predicted octanol–water partition coefficient (Wildman–Crippen LogP) is 4.40. The molecular formula is C25H40N2O4. The van der Waals surface area contributed by atoms with Crippen LogP contribution in [-0.2, 0) is 14.3 Å². The highest BCUT2D eigenvalue weighted by Crippen LogP contribution is 2.66. The van der Waals surface area contributed by atoms with Crippen LogP contribution in [0.25, 0.3) is 0 Å². The summed E-state index contributed by atoms with van der Waals surface area (Å²) in [6, 6.07) is 0. The average molecular weight is 433 g/mol. The molecule has 0 radical (unpaired) electrons. The van der Waals surface area contributed by atoms with E-state index in [0.29, 0.717) is 54.9 Å². The number of fused-ring (bicyclic) bond motifs is 5. The molecule has 1 aliphatic heterocycles. The molecule has 0 aromatic rings. The number of nitrogens with zero attached hydrogens (tertiary/aromatic N) is 1. The summed E-state index contributed by atoms with van der Waals surface area (Å²) in [7, 11) is 1.46. The summed E-state index contributed by atoms with van der Waals surface area (Å²) < 4.78 is 4.86. The van der Waals surface area contributed by atoms with E-state index in [2.05, 4.69) is 31.2 Å². The van der Waals surface area contributed by atoms with Crippen LogP contribution in [0.3, 0.4) is 0 Å². The minimum absolute atomic E-state index is 0.118. The van der Waals surface area contributed by atoms with Gasteiger partial charge in [0.2, 0.25) is 5.91 Å². The minimum Gasteiger partial charge on any atom is -0.469 e. The van der Waals surface area contributed by atoms with Crippen molar-refractivity contribution >= 4 is 17.6 Å². The Morgan fingerprint density at radius 3 is 2.68 bits per heavy atom. The fourth-order valence-corrected chi connectivity index (χ4v) is 8.40. The Hall–Kier alpha value is -1.59. The Bertz CT molecular complexity index is 752. The van der Waals surface area contributed by atoms with E-state index in [1.54, 1.807) is 0 Å². The van der Waals surface area contributed by atoms with Crippen LogP contribution in [0.4, 0.5) is 0 Å². The van der Waals surface area contributed by atoms with Crippen LogP contribution in [-0.4, -0.2) is 36.4 Å². The van der Waals surface area contributed by atoms with Gasteiger partial charge in [0.1, 0.15) is 0 Å². The molecule has 31 heavy (non-hydrogen) atoms. The van der Waals surface area contributed by atoms with Crippen molar-refractivity contribution in [1.82, 2.24) is 5.32 Å². The molecule has 4 rings (SSSR count). The summed E-state index contributed by atoms with van der Waals surface area (Å²) in [4.78, 5) is 23.8. The Kier molecular flexibility index (Phi) is 6.12. The standard InChI is InChI=1S/C25H40N2O4/c1-15(5-8-22(29)31-4)17-6-7-18-23-19(9-11-25(17,18)3)24(2)12-10-21(28)26-14-16(24)13-20(23)27-30/h15-19,23,30H,5-14H2,1-4H3,(H,26,28)/b27-20-. The molecule has 0 spiro atoms. The molecule has 8 atom stereocenters. The molecule has 1 amide bonds. The Morgan fingerprint density at radius 2 is 1.97 bits per heavy atom. The maximum absolute atomic E-state index is 12.1. The molecule has 174 valence electrons. The molecule has 6 heteroatoms. The van der Waals surface area contributed by atoms with Gasteiger partial charge in [-0.3, -0.25) is 9.59 Å². The van der Waals surface area contributed by atoms with Crippen molar-refractivity contribution in [2.45, 2.75) is 78.6 Å². The SMILES string of the molecule is COC(=O)CCC(C)C1CCC2C3/C(=N\O)CC4CNC(=O)CCC4(C)C3CCC12C. The Labute approximate surface area is 186 Å². The maximum atomic E-state index is 12.1. The van der Waals surface area contributed by atoms with Crippen LogP contribution in [0.5, 0.6) is 0 Å². The zero-order valence-electron chi connectivity index (χ0n) is 19.7. The van der Waals surface area contributed by atoms with Gasteiger partial charge in [-0.2, -0.15) is 0 Å². The number of esters is 1. The topological polar surface area (TPSA) is 88.0 Å². The fourth-order valence-electron chi connectivity index (χ4n) is 8.40. The lowest BCUT2D eigenvalue weighted by Gasteiger charge is -2.59. The van der Waals surface area contributed by atoms with Gasteiger partial charge >= 0.3 is 5.97 Å². The predicted molar refractivity (Wildman–Crippen MR) is 119 cm³/mol. The molecule has 0 aromatic carbocycles. The molecule has 0 aromatic heterocycles. The van der Waals surface area contributed by atoms with Gasteiger partial charge in [-0.25, -0.2) is 0 Å². The van der Waals surface area contributed by atoms with Crippen molar-refractivity contribution in [2.24, 2.45) is 51.5 Å². The maximum Gasteiger partial charge on any atom is 0.305 e. The van der Waals surface area contributed by atoms with E-state index in [-0.39, 0.29) is 22.7 Å². The van der Waals surface area contributed by atoms with Gasteiger partial charge in [-0.1, -0.05) is 25.9 Å². The second-order valence-electron chi connectivity index (χ2n) is 11.4. The van der Waals surface area contributed by atoms with Gasteiger partial charge in [0.05, 0.1) is 12.8 Å². The lowest BCUT2D eigenvalue weighted by Crippen LogP contribution is -2.56. The number of ether oxygens (including phenoxy) is 1. The van der Waals surface area contributed by atoms with Crippen LogP contribution in [0.1, 0.15) is 78.6 Å². The zero-order valence-corrected chi connectivity index (χ0v) is 19.7. The second kappa shape index (κ2) is 8.40. The number of methoxy groups -OCH3 is 1. The zero-order chi connectivity index (χ0) is 22.4. The summed E-state index contributed by atoms with van der Waals surface area (Å²) in [5, 5.41) is 17.0. The number of carbonyl (C=O) groups is 2. The summed E-state index contributed by atoms with van der Waals surface area (Å²) in [5.41, 5.74) is 1.31. The highest BCUT2D eigenvalue weighted by atomic mass is 16.5. The van der Waals surface area contributed by atoms with E-state index in [9.17, 15) is 14.8 Å². The molecule has 3 saturated carbocycles. The van der Waals surface area contributed by atoms with Crippen molar-refractivity contribution in [1.29, 1.82) is 0 Å². The second-order valence-corrected chi connectivity index (χ2v) is 11.4.